The second kappa shape index (κ2) is 6.19. The zero-order valence-corrected chi connectivity index (χ0v) is 12.2. The molecule has 0 aromatic heterocycles. The third-order valence-corrected chi connectivity index (χ3v) is 3.36. The zero-order chi connectivity index (χ0) is 15.5. The molecule has 6 heteroatoms. The highest BCUT2D eigenvalue weighted by Crippen LogP contribution is 2.31. The van der Waals surface area contributed by atoms with E-state index in [-0.39, 0.29) is 5.56 Å². The molecule has 108 valence electrons. The van der Waals surface area contributed by atoms with Gasteiger partial charge in [-0.1, -0.05) is 28.1 Å². The molecule has 0 bridgehead atoms. The van der Waals surface area contributed by atoms with E-state index in [1.807, 2.05) is 6.07 Å². The van der Waals surface area contributed by atoms with Gasteiger partial charge in [0.15, 0.2) is 0 Å². The molecule has 0 saturated heterocycles. The summed E-state index contributed by atoms with van der Waals surface area (Å²) < 4.78 is 39.0. The Morgan fingerprint density at radius 1 is 1.10 bits per heavy atom. The minimum Gasteiger partial charge on any atom is -0.366 e. The molecule has 0 aliphatic heterocycles. The van der Waals surface area contributed by atoms with E-state index in [0.717, 1.165) is 16.6 Å². The first-order chi connectivity index (χ1) is 9.90. The van der Waals surface area contributed by atoms with Gasteiger partial charge in [-0.05, 0) is 42.0 Å². The van der Waals surface area contributed by atoms with E-state index in [2.05, 4.69) is 21.2 Å². The topological polar surface area (TPSA) is 35.8 Å². The Morgan fingerprint density at radius 2 is 1.76 bits per heavy atom. The van der Waals surface area contributed by atoms with Gasteiger partial charge >= 0.3 is 6.18 Å². The summed E-state index contributed by atoms with van der Waals surface area (Å²) in [5.41, 5.74) is 0.162. The van der Waals surface area contributed by atoms with Crippen LogP contribution in [0.4, 0.5) is 18.9 Å². The molecular weight excluding hydrogens is 345 g/mol. The molecule has 0 amide bonds. The van der Waals surface area contributed by atoms with E-state index in [4.69, 9.17) is 0 Å². The van der Waals surface area contributed by atoms with Crippen LogP contribution in [0.25, 0.3) is 0 Å². The molecule has 0 fully saturated rings. The highest BCUT2D eigenvalue weighted by molar-refractivity contribution is 9.10. The van der Waals surface area contributed by atoms with Gasteiger partial charge in [0.2, 0.25) is 0 Å². The normalized spacial score (nSPS) is 12.5. The summed E-state index contributed by atoms with van der Waals surface area (Å²) in [6.45, 7) is 0. The van der Waals surface area contributed by atoms with Crippen LogP contribution in [0, 0.1) is 11.3 Å². The predicted molar refractivity (Wildman–Crippen MR) is 77.6 cm³/mol. The van der Waals surface area contributed by atoms with Gasteiger partial charge in [0.1, 0.15) is 6.04 Å². The van der Waals surface area contributed by atoms with Crippen molar-refractivity contribution in [3.05, 3.63) is 64.1 Å². The van der Waals surface area contributed by atoms with E-state index in [9.17, 15) is 18.4 Å². The number of alkyl halides is 3. The first kappa shape index (κ1) is 15.4. The summed E-state index contributed by atoms with van der Waals surface area (Å²) in [5, 5.41) is 12.1. The number of rotatable bonds is 3. The molecular formula is C15H10BrF3N2. The van der Waals surface area contributed by atoms with Crippen LogP contribution in [0.2, 0.25) is 0 Å². The standard InChI is InChI=1S/C15H10BrF3N2/c16-12-4-6-13(7-5-12)21-14(9-20)10-2-1-3-11(8-10)15(17,18)19/h1-8,14,21H. The number of hydrogen-bond donors (Lipinski definition) is 1. The molecule has 0 radical (unpaired) electrons. The lowest BCUT2D eigenvalue weighted by atomic mass is 10.0. The Balaban J connectivity index is 2.26. The lowest BCUT2D eigenvalue weighted by Crippen LogP contribution is -2.11. The fraction of sp³-hybridized carbons (Fsp3) is 0.133. The summed E-state index contributed by atoms with van der Waals surface area (Å²) in [6.07, 6.45) is -4.42. The van der Waals surface area contributed by atoms with E-state index in [1.54, 1.807) is 24.3 Å². The lowest BCUT2D eigenvalue weighted by molar-refractivity contribution is -0.137. The second-order valence-electron chi connectivity index (χ2n) is 4.34. The van der Waals surface area contributed by atoms with Crippen molar-refractivity contribution in [2.75, 3.05) is 5.32 Å². The summed E-state index contributed by atoms with van der Waals surface area (Å²) in [7, 11) is 0. The summed E-state index contributed by atoms with van der Waals surface area (Å²) in [5.74, 6) is 0. The van der Waals surface area contributed by atoms with E-state index >= 15 is 0 Å². The molecule has 2 rings (SSSR count). The van der Waals surface area contributed by atoms with Gasteiger partial charge in [-0.3, -0.25) is 0 Å². The highest BCUT2D eigenvalue weighted by atomic mass is 79.9. The largest absolute Gasteiger partial charge is 0.416 e. The number of halogens is 4. The van der Waals surface area contributed by atoms with E-state index < -0.39 is 17.8 Å². The second-order valence-corrected chi connectivity index (χ2v) is 5.25. The molecule has 2 aromatic rings. The van der Waals surface area contributed by atoms with Crippen molar-refractivity contribution in [1.29, 1.82) is 5.26 Å². The van der Waals surface area contributed by atoms with Crippen LogP contribution in [0.15, 0.2) is 53.0 Å². The van der Waals surface area contributed by atoms with E-state index in [0.29, 0.717) is 5.69 Å². The van der Waals surface area contributed by atoms with Crippen molar-refractivity contribution in [3.8, 4) is 6.07 Å². The van der Waals surface area contributed by atoms with Gasteiger partial charge in [0.25, 0.3) is 0 Å². The summed E-state index contributed by atoms with van der Waals surface area (Å²) >= 11 is 3.29. The highest BCUT2D eigenvalue weighted by Gasteiger charge is 2.31. The molecule has 0 aliphatic carbocycles. The molecule has 1 N–H and O–H groups in total. The molecule has 0 aliphatic rings. The first-order valence-electron chi connectivity index (χ1n) is 5.99. The van der Waals surface area contributed by atoms with Crippen LogP contribution in [0.1, 0.15) is 17.2 Å². The van der Waals surface area contributed by atoms with Crippen molar-refractivity contribution in [2.45, 2.75) is 12.2 Å². The van der Waals surface area contributed by atoms with Crippen molar-refractivity contribution in [1.82, 2.24) is 0 Å². The number of hydrogen-bond acceptors (Lipinski definition) is 2. The molecule has 0 heterocycles. The number of nitrogens with one attached hydrogen (secondary N) is 1. The van der Waals surface area contributed by atoms with Crippen LogP contribution < -0.4 is 5.32 Å². The molecule has 2 nitrogen and oxygen atoms in total. The van der Waals surface area contributed by atoms with Crippen LogP contribution >= 0.6 is 15.9 Å². The van der Waals surface area contributed by atoms with Gasteiger partial charge in [-0.2, -0.15) is 18.4 Å². The maximum atomic E-state index is 12.7. The maximum Gasteiger partial charge on any atom is 0.416 e. The Morgan fingerprint density at radius 3 is 2.33 bits per heavy atom. The van der Waals surface area contributed by atoms with Crippen molar-refractivity contribution in [3.63, 3.8) is 0 Å². The number of nitriles is 1. The monoisotopic (exact) mass is 354 g/mol. The molecule has 2 aromatic carbocycles. The molecule has 0 saturated carbocycles. The van der Waals surface area contributed by atoms with Crippen molar-refractivity contribution in [2.24, 2.45) is 0 Å². The Kier molecular flexibility index (Phi) is 4.53. The first-order valence-corrected chi connectivity index (χ1v) is 6.78. The minimum atomic E-state index is -4.42. The third-order valence-electron chi connectivity index (χ3n) is 2.83. The number of anilines is 1. The fourth-order valence-electron chi connectivity index (χ4n) is 1.80. The quantitative estimate of drug-likeness (QED) is 0.827. The lowest BCUT2D eigenvalue weighted by Gasteiger charge is -2.15. The Labute approximate surface area is 128 Å². The maximum absolute atomic E-state index is 12.7. The molecule has 0 spiro atoms. The fourth-order valence-corrected chi connectivity index (χ4v) is 2.06. The van der Waals surface area contributed by atoms with Gasteiger partial charge < -0.3 is 5.32 Å². The van der Waals surface area contributed by atoms with Crippen LogP contribution in [-0.4, -0.2) is 0 Å². The van der Waals surface area contributed by atoms with Gasteiger partial charge in [-0.15, -0.1) is 0 Å². The zero-order valence-electron chi connectivity index (χ0n) is 10.7. The van der Waals surface area contributed by atoms with Crippen molar-refractivity contribution < 1.29 is 13.2 Å². The van der Waals surface area contributed by atoms with Crippen LogP contribution in [0.3, 0.4) is 0 Å². The SMILES string of the molecule is N#CC(Nc1ccc(Br)cc1)c1cccc(C(F)(F)F)c1. The number of nitrogens with zero attached hydrogens (tertiary/aromatic N) is 1. The molecule has 1 atom stereocenters. The van der Waals surface area contributed by atoms with Crippen LogP contribution in [0.5, 0.6) is 0 Å². The third kappa shape index (κ3) is 3.99. The Hall–Kier alpha value is -2.00. The molecule has 1 unspecified atom stereocenters. The average Bonchev–Trinajstić information content (AvgIpc) is 2.46. The van der Waals surface area contributed by atoms with Crippen LogP contribution in [-0.2, 0) is 6.18 Å². The molecule has 21 heavy (non-hydrogen) atoms. The van der Waals surface area contributed by atoms with Gasteiger partial charge in [0, 0.05) is 10.2 Å². The Bertz CT molecular complexity index is 660. The summed E-state index contributed by atoms with van der Waals surface area (Å²) in [4.78, 5) is 0. The predicted octanol–water partition coefficient (Wildman–Crippen LogP) is 5.14. The smallest absolute Gasteiger partial charge is 0.366 e. The average molecular weight is 355 g/mol. The summed E-state index contributed by atoms with van der Waals surface area (Å²) in [6, 6.07) is 12.9. The van der Waals surface area contributed by atoms with Gasteiger partial charge in [0.05, 0.1) is 11.6 Å². The van der Waals surface area contributed by atoms with Crippen molar-refractivity contribution >= 4 is 21.6 Å². The van der Waals surface area contributed by atoms with E-state index in [1.165, 1.54) is 12.1 Å². The minimum absolute atomic E-state index is 0.273. The number of benzene rings is 2. The van der Waals surface area contributed by atoms with Gasteiger partial charge in [-0.25, -0.2) is 0 Å².